The van der Waals surface area contributed by atoms with Crippen LogP contribution < -0.4 is 4.74 Å². The van der Waals surface area contributed by atoms with E-state index in [1.165, 1.54) is 5.52 Å². The minimum Gasteiger partial charge on any atom is -0.490 e. The van der Waals surface area contributed by atoms with Gasteiger partial charge in [-0.2, -0.15) is 0 Å². The first-order chi connectivity index (χ1) is 10.2. The second kappa shape index (κ2) is 8.05. The zero-order valence-electron chi connectivity index (χ0n) is 13.2. The number of methoxy groups -OCH3 is 1. The molecule has 0 aliphatic rings. The maximum Gasteiger partial charge on any atom is 0.129 e. The summed E-state index contributed by atoms with van der Waals surface area (Å²) in [7, 11) is 1.71. The highest BCUT2D eigenvalue weighted by Gasteiger charge is 2.07. The molecule has 21 heavy (non-hydrogen) atoms. The molecule has 0 aliphatic heterocycles. The van der Waals surface area contributed by atoms with Crippen LogP contribution in [0.1, 0.15) is 20.3 Å². The maximum atomic E-state index is 5.85. The summed E-state index contributed by atoms with van der Waals surface area (Å²) < 4.78 is 18.7. The molecule has 0 radical (unpaired) electrons. The van der Waals surface area contributed by atoms with Crippen molar-refractivity contribution in [3.8, 4) is 5.75 Å². The lowest BCUT2D eigenvalue weighted by molar-refractivity contribution is 0.0982. The summed E-state index contributed by atoms with van der Waals surface area (Å²) in [5, 5.41) is 1.16. The lowest BCUT2D eigenvalue weighted by Crippen LogP contribution is -2.07. The fourth-order valence-corrected chi connectivity index (χ4v) is 2.32. The van der Waals surface area contributed by atoms with E-state index in [0.29, 0.717) is 6.61 Å². The van der Waals surface area contributed by atoms with Gasteiger partial charge < -0.3 is 18.8 Å². The molecule has 0 unspecified atom stereocenters. The summed E-state index contributed by atoms with van der Waals surface area (Å²) >= 11 is 0. The van der Waals surface area contributed by atoms with Crippen LogP contribution in [0.25, 0.3) is 10.9 Å². The largest absolute Gasteiger partial charge is 0.490 e. The molecular formula is C17H25NO3. The van der Waals surface area contributed by atoms with Crippen LogP contribution in [0.15, 0.2) is 30.5 Å². The van der Waals surface area contributed by atoms with Gasteiger partial charge >= 0.3 is 0 Å². The zero-order valence-corrected chi connectivity index (χ0v) is 13.2. The standard InChI is InChI=1S/C17H25NO3/c1-14(2)21-17-7-4-6-16-15(17)8-9-18(16)10-13-20-12-5-11-19-3/h4,6-9,14H,5,10-13H2,1-3H3. The van der Waals surface area contributed by atoms with Crippen molar-refractivity contribution in [3.05, 3.63) is 30.5 Å². The Balaban J connectivity index is 1.95. The van der Waals surface area contributed by atoms with Gasteiger partial charge in [0.2, 0.25) is 0 Å². The van der Waals surface area contributed by atoms with Crippen molar-refractivity contribution in [1.82, 2.24) is 4.57 Å². The number of hydrogen-bond donors (Lipinski definition) is 0. The molecule has 0 aliphatic carbocycles. The lowest BCUT2D eigenvalue weighted by Gasteiger charge is -2.11. The summed E-state index contributed by atoms with van der Waals surface area (Å²) in [6.07, 6.45) is 3.22. The molecule has 116 valence electrons. The predicted molar refractivity (Wildman–Crippen MR) is 85.0 cm³/mol. The average molecular weight is 291 g/mol. The fourth-order valence-electron chi connectivity index (χ4n) is 2.32. The SMILES string of the molecule is COCCCOCCn1ccc2c(OC(C)C)cccc21. The first-order valence-electron chi connectivity index (χ1n) is 7.53. The molecule has 1 aromatic carbocycles. The van der Waals surface area contributed by atoms with E-state index in [2.05, 4.69) is 22.9 Å². The van der Waals surface area contributed by atoms with Crippen molar-refractivity contribution in [2.75, 3.05) is 26.9 Å². The fraction of sp³-hybridized carbons (Fsp3) is 0.529. The number of ether oxygens (including phenoxy) is 3. The summed E-state index contributed by atoms with van der Waals surface area (Å²) in [5.74, 6) is 0.947. The van der Waals surface area contributed by atoms with Gasteiger partial charge in [-0.25, -0.2) is 0 Å². The third-order valence-electron chi connectivity index (χ3n) is 3.25. The van der Waals surface area contributed by atoms with E-state index in [9.17, 15) is 0 Å². The van der Waals surface area contributed by atoms with Gasteiger partial charge in [0.05, 0.1) is 18.2 Å². The number of fused-ring (bicyclic) bond motifs is 1. The average Bonchev–Trinajstić information content (AvgIpc) is 2.87. The smallest absolute Gasteiger partial charge is 0.129 e. The zero-order chi connectivity index (χ0) is 15.1. The minimum absolute atomic E-state index is 0.183. The number of aromatic nitrogens is 1. The molecule has 2 rings (SSSR count). The topological polar surface area (TPSA) is 32.6 Å². The Kier molecular flexibility index (Phi) is 6.08. The molecule has 4 heteroatoms. The van der Waals surface area contributed by atoms with Gasteiger partial charge in [-0.15, -0.1) is 0 Å². The number of benzene rings is 1. The summed E-state index contributed by atoms with van der Waals surface area (Å²) in [6, 6.07) is 8.29. The highest BCUT2D eigenvalue weighted by atomic mass is 16.5. The molecule has 0 bridgehead atoms. The molecule has 0 amide bonds. The Morgan fingerprint density at radius 1 is 1.10 bits per heavy atom. The van der Waals surface area contributed by atoms with Crippen molar-refractivity contribution in [2.45, 2.75) is 32.9 Å². The Morgan fingerprint density at radius 3 is 2.71 bits per heavy atom. The number of hydrogen-bond acceptors (Lipinski definition) is 3. The van der Waals surface area contributed by atoms with E-state index in [-0.39, 0.29) is 6.10 Å². The summed E-state index contributed by atoms with van der Waals surface area (Å²) in [4.78, 5) is 0. The number of rotatable bonds is 9. The molecule has 0 spiro atoms. The normalized spacial score (nSPS) is 11.4. The molecule has 0 saturated carbocycles. The van der Waals surface area contributed by atoms with Crippen molar-refractivity contribution in [3.63, 3.8) is 0 Å². The quantitative estimate of drug-likeness (QED) is 0.663. The molecule has 1 aromatic heterocycles. The molecule has 0 fully saturated rings. The van der Waals surface area contributed by atoms with Crippen molar-refractivity contribution in [1.29, 1.82) is 0 Å². The molecule has 0 N–H and O–H groups in total. The second-order valence-corrected chi connectivity index (χ2v) is 5.32. The van der Waals surface area contributed by atoms with Gasteiger partial charge in [0, 0.05) is 38.5 Å². The lowest BCUT2D eigenvalue weighted by atomic mass is 10.2. The Bertz CT molecular complexity index is 548. The highest BCUT2D eigenvalue weighted by molar-refractivity contribution is 5.86. The van der Waals surface area contributed by atoms with E-state index in [4.69, 9.17) is 14.2 Å². The van der Waals surface area contributed by atoms with Gasteiger partial charge in [0.25, 0.3) is 0 Å². The van der Waals surface area contributed by atoms with Crippen molar-refractivity contribution in [2.24, 2.45) is 0 Å². The van der Waals surface area contributed by atoms with Crippen LogP contribution in [0.2, 0.25) is 0 Å². The van der Waals surface area contributed by atoms with Crippen LogP contribution in [0, 0.1) is 0 Å². The second-order valence-electron chi connectivity index (χ2n) is 5.32. The highest BCUT2D eigenvalue weighted by Crippen LogP contribution is 2.27. The molecule has 2 aromatic rings. The van der Waals surface area contributed by atoms with E-state index in [1.807, 2.05) is 26.0 Å². The first-order valence-corrected chi connectivity index (χ1v) is 7.53. The third-order valence-corrected chi connectivity index (χ3v) is 3.25. The summed E-state index contributed by atoms with van der Waals surface area (Å²) in [6.45, 7) is 7.15. The third kappa shape index (κ3) is 4.48. The molecule has 0 atom stereocenters. The molecule has 0 saturated heterocycles. The Labute approximate surface area is 126 Å². The van der Waals surface area contributed by atoms with Crippen LogP contribution in [0.5, 0.6) is 5.75 Å². The van der Waals surface area contributed by atoms with Gasteiger partial charge in [-0.05, 0) is 38.5 Å². The van der Waals surface area contributed by atoms with Gasteiger partial charge in [0.15, 0.2) is 0 Å². The Hall–Kier alpha value is -1.52. The molecule has 4 nitrogen and oxygen atoms in total. The number of nitrogens with zero attached hydrogens (tertiary/aromatic N) is 1. The van der Waals surface area contributed by atoms with E-state index in [1.54, 1.807) is 7.11 Å². The Morgan fingerprint density at radius 2 is 1.95 bits per heavy atom. The molecular weight excluding hydrogens is 266 g/mol. The van der Waals surface area contributed by atoms with Crippen LogP contribution in [0.4, 0.5) is 0 Å². The summed E-state index contributed by atoms with van der Waals surface area (Å²) in [5.41, 5.74) is 1.19. The van der Waals surface area contributed by atoms with Gasteiger partial charge in [0.1, 0.15) is 5.75 Å². The minimum atomic E-state index is 0.183. The van der Waals surface area contributed by atoms with Crippen LogP contribution in [0.3, 0.4) is 0 Å². The van der Waals surface area contributed by atoms with Crippen LogP contribution >= 0.6 is 0 Å². The van der Waals surface area contributed by atoms with Crippen LogP contribution in [-0.2, 0) is 16.0 Å². The van der Waals surface area contributed by atoms with Gasteiger partial charge in [-0.3, -0.25) is 0 Å². The predicted octanol–water partition coefficient (Wildman–Crippen LogP) is 3.48. The van der Waals surface area contributed by atoms with E-state index >= 15 is 0 Å². The first kappa shape index (κ1) is 15.9. The molecule has 1 heterocycles. The van der Waals surface area contributed by atoms with Crippen LogP contribution in [-0.4, -0.2) is 37.6 Å². The van der Waals surface area contributed by atoms with Crippen molar-refractivity contribution >= 4 is 10.9 Å². The van der Waals surface area contributed by atoms with Crippen molar-refractivity contribution < 1.29 is 14.2 Å². The van der Waals surface area contributed by atoms with Gasteiger partial charge in [-0.1, -0.05) is 6.07 Å². The monoisotopic (exact) mass is 291 g/mol. The van der Waals surface area contributed by atoms with E-state index < -0.39 is 0 Å². The van der Waals surface area contributed by atoms with E-state index in [0.717, 1.165) is 37.3 Å². The maximum absolute atomic E-state index is 5.85.